The molecular weight excluding hydrogens is 314 g/mol. The smallest absolute Gasteiger partial charge is 0.317 e. The highest BCUT2D eigenvalue weighted by Crippen LogP contribution is 2.21. The number of carbonyl (C=O) groups excluding carboxylic acids is 1. The average Bonchev–Trinajstić information content (AvgIpc) is 2.61. The fraction of sp³-hybridized carbons (Fsp3) is 0.650. The predicted octanol–water partition coefficient (Wildman–Crippen LogP) is 3.24. The summed E-state index contributed by atoms with van der Waals surface area (Å²) < 4.78 is 5.16. The molecule has 2 amide bonds. The van der Waals surface area contributed by atoms with E-state index in [9.17, 15) is 4.79 Å². The minimum atomic E-state index is 0.0711. The number of rotatable bonds is 8. The van der Waals surface area contributed by atoms with Crippen molar-refractivity contribution in [2.75, 3.05) is 34.4 Å². The Bertz CT molecular complexity index is 533. The standard InChI is InChI=1S/C20H33N3O2/c1-22(2)16-18-10-5-4-9-17(18)15-21-20(24)23-13-7-6-11-19(23)12-8-14-25-3/h4-5,9-10,19H,6-8,11-16H2,1-3H3,(H,21,24)/t19-/m0/s1. The lowest BCUT2D eigenvalue weighted by Crippen LogP contribution is -2.48. The number of urea groups is 1. The van der Waals surface area contributed by atoms with Gasteiger partial charge < -0.3 is 19.9 Å². The van der Waals surface area contributed by atoms with E-state index in [2.05, 4.69) is 42.5 Å². The number of ether oxygens (including phenoxy) is 1. The molecule has 0 aliphatic carbocycles. The first-order valence-electron chi connectivity index (χ1n) is 9.36. The molecule has 1 saturated heterocycles. The second-order valence-corrected chi connectivity index (χ2v) is 7.14. The summed E-state index contributed by atoms with van der Waals surface area (Å²) in [6.07, 6.45) is 5.46. The van der Waals surface area contributed by atoms with Crippen molar-refractivity contribution in [3.05, 3.63) is 35.4 Å². The van der Waals surface area contributed by atoms with Crippen molar-refractivity contribution in [3.8, 4) is 0 Å². The van der Waals surface area contributed by atoms with Gasteiger partial charge in [0, 0.05) is 39.4 Å². The van der Waals surface area contributed by atoms with Crippen molar-refractivity contribution >= 4 is 6.03 Å². The molecule has 1 aromatic rings. The monoisotopic (exact) mass is 347 g/mol. The molecule has 5 heteroatoms. The molecule has 0 unspecified atom stereocenters. The highest BCUT2D eigenvalue weighted by molar-refractivity contribution is 5.74. The minimum Gasteiger partial charge on any atom is -0.385 e. The van der Waals surface area contributed by atoms with Crippen LogP contribution in [0.25, 0.3) is 0 Å². The normalized spacial score (nSPS) is 17.8. The summed E-state index contributed by atoms with van der Waals surface area (Å²) in [7, 11) is 5.86. The van der Waals surface area contributed by atoms with Crippen molar-refractivity contribution in [3.63, 3.8) is 0 Å². The molecule has 0 saturated carbocycles. The van der Waals surface area contributed by atoms with Gasteiger partial charge in [-0.25, -0.2) is 4.79 Å². The number of nitrogens with one attached hydrogen (secondary N) is 1. The number of amides is 2. The van der Waals surface area contributed by atoms with Crippen LogP contribution in [0.3, 0.4) is 0 Å². The second kappa shape index (κ2) is 10.4. The molecule has 0 bridgehead atoms. The molecule has 1 N–H and O–H groups in total. The Kier molecular flexibility index (Phi) is 8.22. The number of hydrogen-bond acceptors (Lipinski definition) is 3. The fourth-order valence-corrected chi connectivity index (χ4v) is 3.53. The Labute approximate surface area is 152 Å². The summed E-state index contributed by atoms with van der Waals surface area (Å²) in [5, 5.41) is 3.14. The van der Waals surface area contributed by atoms with E-state index in [4.69, 9.17) is 4.74 Å². The number of hydrogen-bond donors (Lipinski definition) is 1. The zero-order chi connectivity index (χ0) is 18.1. The second-order valence-electron chi connectivity index (χ2n) is 7.14. The molecule has 2 rings (SSSR count). The van der Waals surface area contributed by atoms with E-state index < -0.39 is 0 Å². The van der Waals surface area contributed by atoms with Crippen LogP contribution in [0.4, 0.5) is 4.79 Å². The lowest BCUT2D eigenvalue weighted by atomic mass is 9.98. The van der Waals surface area contributed by atoms with Gasteiger partial charge in [-0.05, 0) is 57.3 Å². The molecule has 1 fully saturated rings. The molecule has 0 aromatic heterocycles. The topological polar surface area (TPSA) is 44.8 Å². The molecule has 1 aliphatic heterocycles. The average molecular weight is 348 g/mol. The number of benzene rings is 1. The van der Waals surface area contributed by atoms with Crippen LogP contribution in [-0.2, 0) is 17.8 Å². The summed E-state index contributed by atoms with van der Waals surface area (Å²) in [6.45, 7) is 3.10. The molecule has 1 heterocycles. The SMILES string of the molecule is COCCC[C@@H]1CCCCN1C(=O)NCc1ccccc1CN(C)C. The van der Waals surface area contributed by atoms with E-state index in [0.29, 0.717) is 12.6 Å². The maximum Gasteiger partial charge on any atom is 0.317 e. The van der Waals surface area contributed by atoms with Gasteiger partial charge in [-0.15, -0.1) is 0 Å². The molecule has 0 radical (unpaired) electrons. The molecule has 1 atom stereocenters. The number of nitrogens with zero attached hydrogens (tertiary/aromatic N) is 2. The zero-order valence-corrected chi connectivity index (χ0v) is 16.0. The molecule has 1 aliphatic rings. The van der Waals surface area contributed by atoms with Crippen molar-refractivity contribution in [1.29, 1.82) is 0 Å². The largest absolute Gasteiger partial charge is 0.385 e. The summed E-state index contributed by atoms with van der Waals surface area (Å²) in [5.74, 6) is 0. The van der Waals surface area contributed by atoms with E-state index in [1.165, 1.54) is 17.5 Å². The van der Waals surface area contributed by atoms with Crippen LogP contribution in [0.15, 0.2) is 24.3 Å². The number of methoxy groups -OCH3 is 1. The van der Waals surface area contributed by atoms with Crippen LogP contribution in [-0.4, -0.2) is 56.2 Å². The van der Waals surface area contributed by atoms with E-state index in [0.717, 1.165) is 45.4 Å². The van der Waals surface area contributed by atoms with Crippen molar-refractivity contribution in [1.82, 2.24) is 15.1 Å². The zero-order valence-electron chi connectivity index (χ0n) is 16.0. The fourth-order valence-electron chi connectivity index (χ4n) is 3.53. The third-order valence-electron chi connectivity index (χ3n) is 4.81. The third kappa shape index (κ3) is 6.33. The first-order chi connectivity index (χ1) is 12.1. The Hall–Kier alpha value is -1.59. The predicted molar refractivity (Wildman–Crippen MR) is 102 cm³/mol. The molecule has 5 nitrogen and oxygen atoms in total. The summed E-state index contributed by atoms with van der Waals surface area (Å²) in [5.41, 5.74) is 2.46. The third-order valence-corrected chi connectivity index (χ3v) is 4.81. The van der Waals surface area contributed by atoms with Gasteiger partial charge in [0.1, 0.15) is 0 Å². The highest BCUT2D eigenvalue weighted by atomic mass is 16.5. The highest BCUT2D eigenvalue weighted by Gasteiger charge is 2.26. The van der Waals surface area contributed by atoms with Gasteiger partial charge >= 0.3 is 6.03 Å². The van der Waals surface area contributed by atoms with Gasteiger partial charge in [0.15, 0.2) is 0 Å². The van der Waals surface area contributed by atoms with Gasteiger partial charge in [-0.3, -0.25) is 0 Å². The van der Waals surface area contributed by atoms with Crippen molar-refractivity contribution < 1.29 is 9.53 Å². The van der Waals surface area contributed by atoms with E-state index in [1.807, 2.05) is 11.0 Å². The Morgan fingerprint density at radius 1 is 1.28 bits per heavy atom. The first kappa shape index (κ1) is 19.7. The van der Waals surface area contributed by atoms with Gasteiger partial charge in [-0.1, -0.05) is 24.3 Å². The van der Waals surface area contributed by atoms with Gasteiger partial charge in [0.2, 0.25) is 0 Å². The molecule has 1 aromatic carbocycles. The Morgan fingerprint density at radius 3 is 2.76 bits per heavy atom. The lowest BCUT2D eigenvalue weighted by Gasteiger charge is -2.36. The van der Waals surface area contributed by atoms with Crippen LogP contribution in [0.1, 0.15) is 43.2 Å². The van der Waals surface area contributed by atoms with Gasteiger partial charge in [-0.2, -0.15) is 0 Å². The number of piperidine rings is 1. The minimum absolute atomic E-state index is 0.0711. The quantitative estimate of drug-likeness (QED) is 0.734. The Balaban J connectivity index is 1.92. The summed E-state index contributed by atoms with van der Waals surface area (Å²) in [4.78, 5) is 16.9. The lowest BCUT2D eigenvalue weighted by molar-refractivity contribution is 0.133. The van der Waals surface area contributed by atoms with Crippen LogP contribution < -0.4 is 5.32 Å². The first-order valence-corrected chi connectivity index (χ1v) is 9.36. The maximum atomic E-state index is 12.7. The van der Waals surface area contributed by atoms with E-state index in [-0.39, 0.29) is 6.03 Å². The van der Waals surface area contributed by atoms with Crippen LogP contribution in [0.2, 0.25) is 0 Å². The van der Waals surface area contributed by atoms with Crippen molar-refractivity contribution in [2.24, 2.45) is 0 Å². The Morgan fingerprint density at radius 2 is 2.04 bits per heavy atom. The molecule has 140 valence electrons. The van der Waals surface area contributed by atoms with E-state index in [1.54, 1.807) is 7.11 Å². The number of carbonyl (C=O) groups is 1. The summed E-state index contributed by atoms with van der Waals surface area (Å²) >= 11 is 0. The van der Waals surface area contributed by atoms with Crippen molar-refractivity contribution in [2.45, 2.75) is 51.2 Å². The van der Waals surface area contributed by atoms with Gasteiger partial charge in [0.05, 0.1) is 0 Å². The van der Waals surface area contributed by atoms with Crippen LogP contribution in [0, 0.1) is 0 Å². The molecule has 0 spiro atoms. The van der Waals surface area contributed by atoms with E-state index >= 15 is 0 Å². The number of likely N-dealkylation sites (tertiary alicyclic amines) is 1. The maximum absolute atomic E-state index is 12.7. The molecule has 25 heavy (non-hydrogen) atoms. The van der Waals surface area contributed by atoms with Crippen LogP contribution in [0.5, 0.6) is 0 Å². The van der Waals surface area contributed by atoms with Crippen LogP contribution >= 0.6 is 0 Å². The van der Waals surface area contributed by atoms with Gasteiger partial charge in [0.25, 0.3) is 0 Å². The molecular formula is C20H33N3O2. The summed E-state index contributed by atoms with van der Waals surface area (Å²) in [6, 6.07) is 8.75.